The lowest BCUT2D eigenvalue weighted by atomic mass is 10.1. The third-order valence-corrected chi connectivity index (χ3v) is 6.43. The molecule has 2 aliphatic heterocycles. The first-order valence-corrected chi connectivity index (χ1v) is 10.5. The SMILES string of the molecule is Cc1ccc(Sc2ccc3c(c2)C2(OCCCO2)C(=O)N3CC2CC2)cc1. The molecule has 2 fully saturated rings. The number of aryl methyl sites for hydroxylation is 1. The van der Waals surface area contributed by atoms with Crippen molar-refractivity contribution in [2.45, 2.75) is 41.8 Å². The largest absolute Gasteiger partial charge is 0.338 e. The van der Waals surface area contributed by atoms with Crippen LogP contribution in [0.15, 0.2) is 52.3 Å². The number of hydrogen-bond acceptors (Lipinski definition) is 4. The topological polar surface area (TPSA) is 38.8 Å². The molecule has 5 heteroatoms. The first-order valence-electron chi connectivity index (χ1n) is 9.65. The second kappa shape index (κ2) is 6.66. The van der Waals surface area contributed by atoms with E-state index in [-0.39, 0.29) is 5.91 Å². The predicted octanol–water partition coefficient (Wildman–Crippen LogP) is 4.49. The summed E-state index contributed by atoms with van der Waals surface area (Å²) in [5, 5.41) is 0. The van der Waals surface area contributed by atoms with Gasteiger partial charge in [0, 0.05) is 21.9 Å². The Labute approximate surface area is 163 Å². The molecule has 4 nitrogen and oxygen atoms in total. The van der Waals surface area contributed by atoms with Crippen LogP contribution in [-0.2, 0) is 20.1 Å². The standard InChI is InChI=1S/C22H23NO3S/c1-15-3-7-17(8-4-15)27-18-9-10-20-19(13-18)22(25-11-2-12-26-22)21(24)23(20)14-16-5-6-16/h3-4,7-10,13,16H,2,5-6,11-12,14H2,1H3. The molecule has 1 saturated carbocycles. The Morgan fingerprint density at radius 3 is 2.48 bits per heavy atom. The van der Waals surface area contributed by atoms with E-state index in [4.69, 9.17) is 9.47 Å². The number of benzene rings is 2. The van der Waals surface area contributed by atoms with Crippen molar-refractivity contribution in [3.63, 3.8) is 0 Å². The Hall–Kier alpha value is -1.82. The number of ether oxygens (including phenoxy) is 2. The van der Waals surface area contributed by atoms with E-state index in [1.165, 1.54) is 23.3 Å². The molecule has 0 N–H and O–H groups in total. The number of anilines is 1. The minimum Gasteiger partial charge on any atom is -0.338 e. The van der Waals surface area contributed by atoms with Gasteiger partial charge in [0.1, 0.15) is 0 Å². The monoisotopic (exact) mass is 381 g/mol. The molecule has 27 heavy (non-hydrogen) atoms. The summed E-state index contributed by atoms with van der Waals surface area (Å²) in [6, 6.07) is 14.7. The molecule has 140 valence electrons. The van der Waals surface area contributed by atoms with Gasteiger partial charge in [0.05, 0.1) is 18.9 Å². The van der Waals surface area contributed by atoms with Crippen LogP contribution in [0.5, 0.6) is 0 Å². The number of carbonyl (C=O) groups excluding carboxylic acids is 1. The lowest BCUT2D eigenvalue weighted by Crippen LogP contribution is -2.47. The summed E-state index contributed by atoms with van der Waals surface area (Å²) in [5.74, 6) is -0.685. The zero-order valence-corrected chi connectivity index (χ0v) is 16.3. The fourth-order valence-corrected chi connectivity index (χ4v) is 4.63. The molecular weight excluding hydrogens is 358 g/mol. The fourth-order valence-electron chi connectivity index (χ4n) is 3.77. The highest BCUT2D eigenvalue weighted by atomic mass is 32.2. The number of amides is 1. The van der Waals surface area contributed by atoms with Crippen LogP contribution in [0.25, 0.3) is 0 Å². The highest BCUT2D eigenvalue weighted by molar-refractivity contribution is 7.99. The van der Waals surface area contributed by atoms with E-state index in [0.717, 1.165) is 29.1 Å². The van der Waals surface area contributed by atoms with Crippen LogP contribution in [0.3, 0.4) is 0 Å². The zero-order valence-electron chi connectivity index (χ0n) is 15.4. The molecule has 2 aromatic rings. The Kier molecular flexibility index (Phi) is 4.26. The molecule has 0 unspecified atom stereocenters. The van der Waals surface area contributed by atoms with Crippen LogP contribution in [-0.4, -0.2) is 25.7 Å². The van der Waals surface area contributed by atoms with Crippen molar-refractivity contribution in [3.8, 4) is 0 Å². The second-order valence-electron chi connectivity index (χ2n) is 7.62. The van der Waals surface area contributed by atoms with E-state index in [1.807, 2.05) is 4.90 Å². The molecule has 1 amide bonds. The van der Waals surface area contributed by atoms with E-state index in [2.05, 4.69) is 49.4 Å². The van der Waals surface area contributed by atoms with Gasteiger partial charge in [0.25, 0.3) is 11.7 Å². The van der Waals surface area contributed by atoms with Crippen molar-refractivity contribution in [2.24, 2.45) is 5.92 Å². The minimum atomic E-state index is -1.24. The summed E-state index contributed by atoms with van der Waals surface area (Å²) in [6.45, 7) is 3.96. The Morgan fingerprint density at radius 2 is 1.78 bits per heavy atom. The molecule has 3 aliphatic rings. The van der Waals surface area contributed by atoms with Gasteiger partial charge in [0.2, 0.25) is 0 Å². The maximum Gasteiger partial charge on any atom is 0.292 e. The van der Waals surface area contributed by atoms with Crippen molar-refractivity contribution < 1.29 is 14.3 Å². The first kappa shape index (κ1) is 17.3. The van der Waals surface area contributed by atoms with Crippen LogP contribution in [0.4, 0.5) is 5.69 Å². The molecule has 2 aromatic carbocycles. The van der Waals surface area contributed by atoms with Crippen molar-refractivity contribution in [2.75, 3.05) is 24.7 Å². The van der Waals surface area contributed by atoms with E-state index in [9.17, 15) is 4.79 Å². The van der Waals surface area contributed by atoms with Gasteiger partial charge in [-0.05, 0) is 62.4 Å². The van der Waals surface area contributed by atoms with Crippen molar-refractivity contribution >= 4 is 23.4 Å². The zero-order chi connectivity index (χ0) is 18.4. The Balaban J connectivity index is 1.51. The Morgan fingerprint density at radius 1 is 1.07 bits per heavy atom. The number of fused-ring (bicyclic) bond motifs is 2. The molecule has 1 aliphatic carbocycles. The Bertz CT molecular complexity index is 870. The van der Waals surface area contributed by atoms with Crippen LogP contribution in [0, 0.1) is 12.8 Å². The molecule has 0 bridgehead atoms. The number of nitrogens with zero attached hydrogens (tertiary/aromatic N) is 1. The van der Waals surface area contributed by atoms with Gasteiger partial charge in [0.15, 0.2) is 0 Å². The summed E-state index contributed by atoms with van der Waals surface area (Å²) >= 11 is 1.70. The maximum absolute atomic E-state index is 13.3. The van der Waals surface area contributed by atoms with Crippen LogP contribution in [0.2, 0.25) is 0 Å². The fraction of sp³-hybridized carbons (Fsp3) is 0.409. The highest BCUT2D eigenvalue weighted by Crippen LogP contribution is 2.48. The lowest BCUT2D eigenvalue weighted by molar-refractivity contribution is -0.256. The first-order chi connectivity index (χ1) is 13.2. The van der Waals surface area contributed by atoms with Gasteiger partial charge < -0.3 is 14.4 Å². The molecular formula is C22H23NO3S. The number of carbonyl (C=O) groups is 1. The van der Waals surface area contributed by atoms with E-state index in [1.54, 1.807) is 11.8 Å². The number of hydrogen-bond donors (Lipinski definition) is 0. The summed E-state index contributed by atoms with van der Waals surface area (Å²) in [7, 11) is 0. The lowest BCUT2D eigenvalue weighted by Gasteiger charge is -2.32. The molecule has 0 atom stereocenters. The molecule has 1 saturated heterocycles. The average molecular weight is 381 g/mol. The van der Waals surface area contributed by atoms with Crippen molar-refractivity contribution in [3.05, 3.63) is 53.6 Å². The van der Waals surface area contributed by atoms with Gasteiger partial charge in [-0.25, -0.2) is 0 Å². The summed E-state index contributed by atoms with van der Waals surface area (Å²) in [5.41, 5.74) is 3.06. The molecule has 2 heterocycles. The third kappa shape index (κ3) is 3.08. The maximum atomic E-state index is 13.3. The van der Waals surface area contributed by atoms with Gasteiger partial charge in [-0.15, -0.1) is 0 Å². The molecule has 0 aromatic heterocycles. The van der Waals surface area contributed by atoms with Gasteiger partial charge in [-0.2, -0.15) is 0 Å². The second-order valence-corrected chi connectivity index (χ2v) is 8.77. The van der Waals surface area contributed by atoms with Crippen LogP contribution < -0.4 is 4.90 Å². The van der Waals surface area contributed by atoms with Crippen LogP contribution >= 0.6 is 11.8 Å². The minimum absolute atomic E-state index is 0.0541. The van der Waals surface area contributed by atoms with Crippen LogP contribution in [0.1, 0.15) is 30.4 Å². The van der Waals surface area contributed by atoms with Crippen molar-refractivity contribution in [1.29, 1.82) is 0 Å². The van der Waals surface area contributed by atoms with E-state index in [0.29, 0.717) is 19.1 Å². The molecule has 5 rings (SSSR count). The summed E-state index contributed by atoms with van der Waals surface area (Å²) in [4.78, 5) is 17.4. The average Bonchev–Trinajstić information content (AvgIpc) is 3.49. The molecule has 0 radical (unpaired) electrons. The quantitative estimate of drug-likeness (QED) is 0.782. The van der Waals surface area contributed by atoms with Gasteiger partial charge in [-0.3, -0.25) is 4.79 Å². The molecule has 1 spiro atoms. The highest BCUT2D eigenvalue weighted by Gasteiger charge is 2.55. The number of rotatable bonds is 4. The smallest absolute Gasteiger partial charge is 0.292 e. The van der Waals surface area contributed by atoms with Gasteiger partial charge in [-0.1, -0.05) is 29.5 Å². The van der Waals surface area contributed by atoms with Crippen molar-refractivity contribution in [1.82, 2.24) is 0 Å². The summed E-state index contributed by atoms with van der Waals surface area (Å²) in [6.07, 6.45) is 3.23. The van der Waals surface area contributed by atoms with E-state index < -0.39 is 5.79 Å². The third-order valence-electron chi connectivity index (χ3n) is 5.43. The predicted molar refractivity (Wildman–Crippen MR) is 105 cm³/mol. The normalized spacial score (nSPS) is 20.9. The van der Waals surface area contributed by atoms with E-state index >= 15 is 0 Å². The summed E-state index contributed by atoms with van der Waals surface area (Å²) < 4.78 is 12.0. The van der Waals surface area contributed by atoms with Gasteiger partial charge >= 0.3 is 0 Å².